The zero-order chi connectivity index (χ0) is 18.8. The molecular weight excluding hydrogens is 364 g/mol. The third kappa shape index (κ3) is 4.69. The van der Waals surface area contributed by atoms with Crippen LogP contribution in [0.4, 0.5) is 16.6 Å². The van der Waals surface area contributed by atoms with Crippen LogP contribution < -0.4 is 10.2 Å². The molecule has 1 heterocycles. The number of hydrogen-bond acceptors (Lipinski definition) is 5. The highest BCUT2D eigenvalue weighted by molar-refractivity contribution is 6.29. The molecule has 2 aliphatic rings. The topological polar surface area (TPSA) is 67.4 Å². The molecule has 2 aliphatic carbocycles. The monoisotopic (exact) mass is 386 g/mol. The Labute approximate surface area is 163 Å². The Balaban J connectivity index is 1.41. The fourth-order valence-electron chi connectivity index (χ4n) is 3.54. The van der Waals surface area contributed by atoms with Crippen LogP contribution in [0.5, 0.6) is 0 Å². The van der Waals surface area contributed by atoms with Crippen molar-refractivity contribution in [3.05, 3.63) is 47.1 Å². The number of nitrogens with zero attached hydrogens (tertiary/aromatic N) is 3. The number of benzene rings is 1. The second kappa shape index (κ2) is 7.72. The Morgan fingerprint density at radius 1 is 1.22 bits per heavy atom. The molecule has 2 aromatic rings. The summed E-state index contributed by atoms with van der Waals surface area (Å²) < 4.78 is 5.23. The van der Waals surface area contributed by atoms with Crippen LogP contribution in [-0.4, -0.2) is 29.2 Å². The van der Waals surface area contributed by atoms with E-state index in [1.807, 2.05) is 30.3 Å². The van der Waals surface area contributed by atoms with Crippen LogP contribution in [-0.2, 0) is 11.3 Å². The Kier molecular flexibility index (Phi) is 5.16. The number of carbonyl (C=O) groups excluding carboxylic acids is 1. The van der Waals surface area contributed by atoms with Gasteiger partial charge in [0.1, 0.15) is 17.6 Å². The third-order valence-corrected chi connectivity index (χ3v) is 5.32. The van der Waals surface area contributed by atoms with E-state index in [1.165, 1.54) is 25.7 Å². The summed E-state index contributed by atoms with van der Waals surface area (Å²) in [5, 5.41) is 2.88. The Bertz CT molecular complexity index is 797. The van der Waals surface area contributed by atoms with Crippen LogP contribution in [0.15, 0.2) is 36.4 Å². The molecule has 0 saturated heterocycles. The van der Waals surface area contributed by atoms with Crippen molar-refractivity contribution in [3.8, 4) is 0 Å². The largest absolute Gasteiger partial charge is 0.444 e. The second-order valence-corrected chi connectivity index (χ2v) is 7.72. The first-order valence-corrected chi connectivity index (χ1v) is 9.73. The van der Waals surface area contributed by atoms with Gasteiger partial charge in [0.2, 0.25) is 5.95 Å². The van der Waals surface area contributed by atoms with Gasteiger partial charge in [-0.05, 0) is 43.1 Å². The standard InChI is InChI=1S/C20H23ClN4O2/c1-25(18(14-7-8-14)15-9-10-15)17-11-16(21)22-19(23-17)24-20(26)27-12-13-5-3-2-4-6-13/h2-6,11,14-15,18H,7-10,12H2,1H3,(H,22,23,24,26). The number of rotatable bonds is 7. The second-order valence-electron chi connectivity index (χ2n) is 7.34. The SMILES string of the molecule is CN(c1cc(Cl)nc(NC(=O)OCc2ccccc2)n1)C(C1CC1)C1CC1. The van der Waals surface area contributed by atoms with Crippen LogP contribution in [0.1, 0.15) is 31.2 Å². The summed E-state index contributed by atoms with van der Waals surface area (Å²) in [5.74, 6) is 2.37. The number of ether oxygens (including phenoxy) is 1. The zero-order valence-corrected chi connectivity index (χ0v) is 16.0. The highest BCUT2D eigenvalue weighted by atomic mass is 35.5. The third-order valence-electron chi connectivity index (χ3n) is 5.13. The Morgan fingerprint density at radius 2 is 1.89 bits per heavy atom. The van der Waals surface area contributed by atoms with E-state index in [1.54, 1.807) is 6.07 Å². The number of halogens is 1. The zero-order valence-electron chi connectivity index (χ0n) is 15.3. The van der Waals surface area contributed by atoms with Gasteiger partial charge in [0, 0.05) is 19.2 Å². The van der Waals surface area contributed by atoms with Gasteiger partial charge in [-0.1, -0.05) is 41.9 Å². The van der Waals surface area contributed by atoms with Crippen LogP contribution in [0.3, 0.4) is 0 Å². The van der Waals surface area contributed by atoms with E-state index in [2.05, 4.69) is 27.2 Å². The number of amides is 1. The molecule has 2 fully saturated rings. The molecule has 2 saturated carbocycles. The van der Waals surface area contributed by atoms with Gasteiger partial charge < -0.3 is 9.64 Å². The fourth-order valence-corrected chi connectivity index (χ4v) is 3.72. The highest BCUT2D eigenvalue weighted by Gasteiger charge is 2.44. The molecule has 1 aromatic carbocycles. The van der Waals surface area contributed by atoms with Crippen molar-refractivity contribution < 1.29 is 9.53 Å². The molecule has 1 aromatic heterocycles. The van der Waals surface area contributed by atoms with E-state index < -0.39 is 6.09 Å². The number of aromatic nitrogens is 2. The van der Waals surface area contributed by atoms with Gasteiger partial charge in [-0.2, -0.15) is 4.98 Å². The first kappa shape index (κ1) is 18.0. The van der Waals surface area contributed by atoms with Crippen LogP contribution >= 0.6 is 11.6 Å². The maximum Gasteiger partial charge on any atom is 0.414 e. The van der Waals surface area contributed by atoms with Crippen molar-refractivity contribution >= 4 is 29.5 Å². The average molecular weight is 387 g/mol. The molecule has 0 radical (unpaired) electrons. The predicted octanol–water partition coefficient (Wildman–Crippen LogP) is 4.50. The summed E-state index contributed by atoms with van der Waals surface area (Å²) in [6, 6.07) is 11.7. The fraction of sp³-hybridized carbons (Fsp3) is 0.450. The molecule has 1 N–H and O–H groups in total. The molecule has 0 unspecified atom stereocenters. The minimum atomic E-state index is -0.601. The molecule has 142 valence electrons. The van der Waals surface area contributed by atoms with Crippen molar-refractivity contribution in [2.75, 3.05) is 17.3 Å². The lowest BCUT2D eigenvalue weighted by Gasteiger charge is -2.29. The number of hydrogen-bond donors (Lipinski definition) is 1. The van der Waals surface area contributed by atoms with Crippen molar-refractivity contribution in [3.63, 3.8) is 0 Å². The van der Waals surface area contributed by atoms with Crippen LogP contribution in [0.25, 0.3) is 0 Å². The molecule has 6 nitrogen and oxygen atoms in total. The number of carbonyl (C=O) groups is 1. The summed E-state index contributed by atoms with van der Waals surface area (Å²) in [4.78, 5) is 22.9. The van der Waals surface area contributed by atoms with Gasteiger partial charge in [-0.25, -0.2) is 9.78 Å². The first-order chi connectivity index (χ1) is 13.1. The van der Waals surface area contributed by atoms with Gasteiger partial charge in [-0.15, -0.1) is 0 Å². The predicted molar refractivity (Wildman–Crippen MR) is 105 cm³/mol. The molecule has 1 amide bonds. The summed E-state index contributed by atoms with van der Waals surface area (Å²) in [7, 11) is 2.05. The van der Waals surface area contributed by atoms with Crippen molar-refractivity contribution in [2.45, 2.75) is 38.3 Å². The normalized spacial score (nSPS) is 16.3. The lowest BCUT2D eigenvalue weighted by molar-refractivity contribution is 0.155. The van der Waals surface area contributed by atoms with E-state index >= 15 is 0 Å². The summed E-state index contributed by atoms with van der Waals surface area (Å²) in [5.41, 5.74) is 0.914. The van der Waals surface area contributed by atoms with Gasteiger partial charge >= 0.3 is 6.09 Å². The lowest BCUT2D eigenvalue weighted by Crippen LogP contribution is -2.36. The van der Waals surface area contributed by atoms with Crippen molar-refractivity contribution in [1.82, 2.24) is 9.97 Å². The number of anilines is 2. The quantitative estimate of drug-likeness (QED) is 0.709. The molecule has 0 atom stereocenters. The van der Waals surface area contributed by atoms with E-state index in [4.69, 9.17) is 16.3 Å². The Hall–Kier alpha value is -2.34. The van der Waals surface area contributed by atoms with Gasteiger partial charge in [-0.3, -0.25) is 5.32 Å². The number of nitrogens with one attached hydrogen (secondary N) is 1. The van der Waals surface area contributed by atoms with Gasteiger partial charge in [0.05, 0.1) is 0 Å². The maximum atomic E-state index is 12.1. The van der Waals surface area contributed by atoms with E-state index in [0.29, 0.717) is 11.2 Å². The van der Waals surface area contributed by atoms with Crippen molar-refractivity contribution in [1.29, 1.82) is 0 Å². The molecular formula is C20H23ClN4O2. The van der Waals surface area contributed by atoms with E-state index in [-0.39, 0.29) is 12.6 Å². The van der Waals surface area contributed by atoms with E-state index in [9.17, 15) is 4.79 Å². The van der Waals surface area contributed by atoms with Crippen LogP contribution in [0.2, 0.25) is 5.15 Å². The minimum Gasteiger partial charge on any atom is -0.444 e. The molecule has 0 bridgehead atoms. The summed E-state index contributed by atoms with van der Waals surface area (Å²) in [6.45, 7) is 0.186. The molecule has 7 heteroatoms. The molecule has 27 heavy (non-hydrogen) atoms. The molecule has 4 rings (SSSR count). The molecule has 0 spiro atoms. The van der Waals surface area contributed by atoms with E-state index in [0.717, 1.165) is 23.2 Å². The minimum absolute atomic E-state index is 0.160. The van der Waals surface area contributed by atoms with Crippen molar-refractivity contribution in [2.24, 2.45) is 11.8 Å². The lowest BCUT2D eigenvalue weighted by atomic mass is 10.1. The van der Waals surface area contributed by atoms with Gasteiger partial charge in [0.25, 0.3) is 0 Å². The summed E-state index contributed by atoms with van der Waals surface area (Å²) >= 11 is 6.18. The highest BCUT2D eigenvalue weighted by Crippen LogP contribution is 2.47. The smallest absolute Gasteiger partial charge is 0.414 e. The van der Waals surface area contributed by atoms with Gasteiger partial charge in [0.15, 0.2) is 0 Å². The molecule has 0 aliphatic heterocycles. The first-order valence-electron chi connectivity index (χ1n) is 9.35. The van der Waals surface area contributed by atoms with Crippen LogP contribution in [0, 0.1) is 11.8 Å². The summed E-state index contributed by atoms with van der Waals surface area (Å²) in [6.07, 6.45) is 4.51. The average Bonchev–Trinajstić information content (AvgIpc) is 3.55. The maximum absolute atomic E-state index is 12.1. The Morgan fingerprint density at radius 3 is 2.52 bits per heavy atom.